The highest BCUT2D eigenvalue weighted by Crippen LogP contribution is 2.27. The van der Waals surface area contributed by atoms with E-state index in [9.17, 15) is 14.3 Å². The van der Waals surface area contributed by atoms with Gasteiger partial charge in [0.15, 0.2) is 5.88 Å². The van der Waals surface area contributed by atoms with Gasteiger partial charge in [-0.1, -0.05) is 24.8 Å². The zero-order valence-corrected chi connectivity index (χ0v) is 11.9. The van der Waals surface area contributed by atoms with E-state index in [1.807, 2.05) is 0 Å². The lowest BCUT2D eigenvalue weighted by atomic mass is 10.1. The van der Waals surface area contributed by atoms with E-state index in [-0.39, 0.29) is 17.6 Å². The van der Waals surface area contributed by atoms with Gasteiger partial charge in [0.05, 0.1) is 5.52 Å². The molecular weight excluding hydrogens is 269 g/mol. The summed E-state index contributed by atoms with van der Waals surface area (Å²) in [6.45, 7) is 6.88. The number of hydrogen-bond donors (Lipinski definition) is 1. The lowest BCUT2D eigenvalue weighted by Gasteiger charge is -2.03. The molecule has 0 unspecified atom stereocenters. The first-order chi connectivity index (χ1) is 9.93. The summed E-state index contributed by atoms with van der Waals surface area (Å²) >= 11 is 0. The minimum absolute atomic E-state index is 0.101. The van der Waals surface area contributed by atoms with Crippen molar-refractivity contribution in [2.24, 2.45) is 0 Å². The summed E-state index contributed by atoms with van der Waals surface area (Å²) < 4.78 is 14.3. The highest BCUT2D eigenvalue weighted by Gasteiger charge is 2.11. The van der Waals surface area contributed by atoms with Gasteiger partial charge in [0.2, 0.25) is 5.91 Å². The highest BCUT2D eigenvalue weighted by molar-refractivity contribution is 5.95. The summed E-state index contributed by atoms with van der Waals surface area (Å²) in [5.41, 5.74) is 2.06. The number of aromatic nitrogens is 1. The third-order valence-electron chi connectivity index (χ3n) is 3.19. The fraction of sp³-hybridized carbons (Fsp3) is 0.118. The molecular formula is C17H16FNO2. The quantitative estimate of drug-likeness (QED) is 0.846. The normalized spacial score (nSPS) is 12.2. The summed E-state index contributed by atoms with van der Waals surface area (Å²) in [5, 5.41) is 10.5. The molecule has 1 N–H and O–H groups in total. The topological polar surface area (TPSA) is 42.2 Å². The van der Waals surface area contributed by atoms with Crippen molar-refractivity contribution in [1.29, 1.82) is 0 Å². The van der Waals surface area contributed by atoms with Crippen LogP contribution in [0.25, 0.3) is 16.5 Å². The zero-order valence-electron chi connectivity index (χ0n) is 11.9. The SMILES string of the molecule is C=C(/C=C\C(F)=CC)c1ccc2c(c1)cc(O)n2C(C)=O. The Bertz CT molecular complexity index is 781. The summed E-state index contributed by atoms with van der Waals surface area (Å²) in [6.07, 6.45) is 4.28. The maximum Gasteiger partial charge on any atom is 0.230 e. The highest BCUT2D eigenvalue weighted by atomic mass is 19.1. The fourth-order valence-corrected chi connectivity index (χ4v) is 2.10. The Morgan fingerprint density at radius 2 is 2.05 bits per heavy atom. The van der Waals surface area contributed by atoms with Crippen LogP contribution in [0.5, 0.6) is 5.88 Å². The fourth-order valence-electron chi connectivity index (χ4n) is 2.10. The van der Waals surface area contributed by atoms with Gasteiger partial charge in [0.1, 0.15) is 5.83 Å². The predicted octanol–water partition coefficient (Wildman–Crippen LogP) is 4.45. The van der Waals surface area contributed by atoms with Crippen LogP contribution in [0.2, 0.25) is 0 Å². The summed E-state index contributed by atoms with van der Waals surface area (Å²) in [6, 6.07) is 6.83. The van der Waals surface area contributed by atoms with Crippen molar-refractivity contribution in [2.75, 3.05) is 0 Å². The van der Waals surface area contributed by atoms with Crippen LogP contribution in [0.15, 0.2) is 54.9 Å². The van der Waals surface area contributed by atoms with Crippen LogP contribution >= 0.6 is 0 Å². The summed E-state index contributed by atoms with van der Waals surface area (Å²) in [4.78, 5) is 11.5. The van der Waals surface area contributed by atoms with Crippen LogP contribution in [-0.4, -0.2) is 15.6 Å². The molecule has 2 rings (SSSR count). The lowest BCUT2D eigenvalue weighted by molar-refractivity contribution is 0.0933. The molecule has 1 aromatic heterocycles. The molecule has 0 radical (unpaired) electrons. The molecule has 0 bridgehead atoms. The van der Waals surface area contributed by atoms with Crippen LogP contribution in [0.4, 0.5) is 4.39 Å². The van der Waals surface area contributed by atoms with E-state index in [1.165, 1.54) is 29.7 Å². The van der Waals surface area contributed by atoms with Crippen LogP contribution in [0.3, 0.4) is 0 Å². The Morgan fingerprint density at radius 3 is 2.67 bits per heavy atom. The number of nitrogens with zero attached hydrogens (tertiary/aromatic N) is 1. The van der Waals surface area contributed by atoms with Gasteiger partial charge in [-0.05, 0) is 36.3 Å². The molecule has 108 valence electrons. The van der Waals surface area contributed by atoms with E-state index < -0.39 is 0 Å². The molecule has 0 saturated carbocycles. The van der Waals surface area contributed by atoms with Gasteiger partial charge in [-0.25, -0.2) is 4.39 Å². The average Bonchev–Trinajstić information content (AvgIpc) is 2.78. The van der Waals surface area contributed by atoms with Gasteiger partial charge in [-0.15, -0.1) is 0 Å². The Balaban J connectivity index is 2.43. The number of carbonyl (C=O) groups is 1. The molecule has 3 nitrogen and oxygen atoms in total. The first kappa shape index (κ1) is 14.8. The van der Waals surface area contributed by atoms with Gasteiger partial charge in [-0.2, -0.15) is 0 Å². The smallest absolute Gasteiger partial charge is 0.230 e. The molecule has 0 fully saturated rings. The molecule has 1 heterocycles. The Morgan fingerprint density at radius 1 is 1.33 bits per heavy atom. The third kappa shape index (κ3) is 2.94. The van der Waals surface area contributed by atoms with Gasteiger partial charge < -0.3 is 5.11 Å². The van der Waals surface area contributed by atoms with Gasteiger partial charge in [0.25, 0.3) is 0 Å². The molecule has 0 aliphatic carbocycles. The van der Waals surface area contributed by atoms with E-state index in [2.05, 4.69) is 6.58 Å². The predicted molar refractivity (Wildman–Crippen MR) is 82.9 cm³/mol. The van der Waals surface area contributed by atoms with Crippen molar-refractivity contribution in [3.05, 3.63) is 60.5 Å². The Kier molecular flexibility index (Phi) is 4.08. The van der Waals surface area contributed by atoms with Crippen molar-refractivity contribution in [3.63, 3.8) is 0 Å². The average molecular weight is 285 g/mol. The molecule has 0 aliphatic heterocycles. The van der Waals surface area contributed by atoms with Gasteiger partial charge in [-0.3, -0.25) is 9.36 Å². The number of halogens is 1. The van der Waals surface area contributed by atoms with E-state index in [0.717, 1.165) is 10.9 Å². The summed E-state index contributed by atoms with van der Waals surface area (Å²) in [5.74, 6) is -0.697. The van der Waals surface area contributed by atoms with E-state index in [4.69, 9.17) is 0 Å². The molecule has 0 spiro atoms. The van der Waals surface area contributed by atoms with Crippen molar-refractivity contribution in [1.82, 2.24) is 4.57 Å². The molecule has 1 aromatic carbocycles. The molecule has 0 amide bonds. The van der Waals surface area contributed by atoms with Crippen molar-refractivity contribution >= 4 is 22.4 Å². The number of carbonyl (C=O) groups excluding carboxylic acids is 1. The third-order valence-corrected chi connectivity index (χ3v) is 3.19. The second-order valence-corrected chi connectivity index (χ2v) is 4.66. The number of allylic oxidation sites excluding steroid dienone is 5. The maximum atomic E-state index is 13.1. The zero-order chi connectivity index (χ0) is 15.6. The Hall–Kier alpha value is -2.62. The van der Waals surface area contributed by atoms with E-state index in [1.54, 1.807) is 31.2 Å². The van der Waals surface area contributed by atoms with Gasteiger partial charge in [0, 0.05) is 18.4 Å². The monoisotopic (exact) mass is 285 g/mol. The minimum atomic E-state index is -0.336. The maximum absolute atomic E-state index is 13.1. The number of hydrogen-bond acceptors (Lipinski definition) is 2. The number of aromatic hydroxyl groups is 1. The Labute approximate surface area is 122 Å². The van der Waals surface area contributed by atoms with E-state index in [0.29, 0.717) is 11.1 Å². The molecule has 2 aromatic rings. The molecule has 21 heavy (non-hydrogen) atoms. The van der Waals surface area contributed by atoms with Crippen molar-refractivity contribution in [3.8, 4) is 5.88 Å². The number of benzene rings is 1. The minimum Gasteiger partial charge on any atom is -0.494 e. The number of fused-ring (bicyclic) bond motifs is 1. The van der Waals surface area contributed by atoms with Gasteiger partial charge >= 0.3 is 0 Å². The molecule has 0 atom stereocenters. The molecule has 4 heteroatoms. The van der Waals surface area contributed by atoms with Crippen molar-refractivity contribution in [2.45, 2.75) is 13.8 Å². The second-order valence-electron chi connectivity index (χ2n) is 4.66. The van der Waals surface area contributed by atoms with Crippen LogP contribution in [0.1, 0.15) is 24.2 Å². The first-order valence-corrected chi connectivity index (χ1v) is 6.48. The first-order valence-electron chi connectivity index (χ1n) is 6.48. The lowest BCUT2D eigenvalue weighted by Crippen LogP contribution is -2.03. The van der Waals surface area contributed by atoms with Crippen LogP contribution in [0, 0.1) is 0 Å². The standard InChI is InChI=1S/C17H16FNO2/c1-4-15(18)7-5-11(2)13-6-8-16-14(9-13)10-17(21)19(16)12(3)20/h4-10,21H,2H2,1,3H3/b7-5-,15-4?. The van der Waals surface area contributed by atoms with Crippen molar-refractivity contribution < 1.29 is 14.3 Å². The number of rotatable bonds is 3. The van der Waals surface area contributed by atoms with Crippen LogP contribution < -0.4 is 0 Å². The summed E-state index contributed by atoms with van der Waals surface area (Å²) in [7, 11) is 0. The molecule has 0 aliphatic rings. The second kappa shape index (κ2) is 5.79. The van der Waals surface area contributed by atoms with Crippen LogP contribution in [-0.2, 0) is 0 Å². The largest absolute Gasteiger partial charge is 0.494 e. The van der Waals surface area contributed by atoms with E-state index >= 15 is 0 Å². The molecule has 0 saturated heterocycles.